The van der Waals surface area contributed by atoms with Crippen LogP contribution in [-0.2, 0) is 4.79 Å². The van der Waals surface area contributed by atoms with Crippen LogP contribution in [0.2, 0.25) is 0 Å². The van der Waals surface area contributed by atoms with Gasteiger partial charge in [-0.25, -0.2) is 0 Å². The number of rotatable bonds is 4. The molecule has 0 aromatic carbocycles. The molecule has 0 spiro atoms. The van der Waals surface area contributed by atoms with Gasteiger partial charge in [-0.3, -0.25) is 4.79 Å². The average molecular weight is 214 g/mol. The number of nitrogens with zero attached hydrogens (tertiary/aromatic N) is 1. The molecule has 0 radical (unpaired) electrons. The van der Waals surface area contributed by atoms with Crippen LogP contribution < -0.4 is 5.32 Å². The first-order valence-electron chi connectivity index (χ1n) is 5.68. The van der Waals surface area contributed by atoms with E-state index in [1.807, 2.05) is 0 Å². The molecular formula is C11H22N2O2. The Morgan fingerprint density at radius 2 is 1.93 bits per heavy atom. The number of piperidine rings is 1. The molecule has 4 heteroatoms. The standard InChI is InChI=1S/C11H22N2O2/c1-8(12-9(2)11(14)15)10-4-6-13(3)7-5-10/h8-10,12H,4-7H2,1-3H3,(H,14,15). The van der Waals surface area contributed by atoms with Crippen LogP contribution >= 0.6 is 0 Å². The first-order chi connectivity index (χ1) is 7.00. The monoisotopic (exact) mass is 214 g/mol. The van der Waals surface area contributed by atoms with E-state index in [1.165, 1.54) is 0 Å². The highest BCUT2D eigenvalue weighted by atomic mass is 16.4. The Kier molecular flexibility index (Phi) is 4.54. The maximum Gasteiger partial charge on any atom is 0.320 e. The molecule has 1 saturated heterocycles. The van der Waals surface area contributed by atoms with E-state index in [-0.39, 0.29) is 0 Å². The number of carbonyl (C=O) groups is 1. The second-order valence-electron chi connectivity index (χ2n) is 4.66. The number of carboxylic acids is 1. The van der Waals surface area contributed by atoms with Crippen LogP contribution in [0, 0.1) is 5.92 Å². The summed E-state index contributed by atoms with van der Waals surface area (Å²) >= 11 is 0. The number of carboxylic acid groups (broad SMARTS) is 1. The van der Waals surface area contributed by atoms with Gasteiger partial charge >= 0.3 is 5.97 Å². The molecule has 1 fully saturated rings. The van der Waals surface area contributed by atoms with Gasteiger partial charge in [0.1, 0.15) is 6.04 Å². The highest BCUT2D eigenvalue weighted by Gasteiger charge is 2.24. The van der Waals surface area contributed by atoms with Crippen molar-refractivity contribution in [2.24, 2.45) is 5.92 Å². The summed E-state index contributed by atoms with van der Waals surface area (Å²) in [5.74, 6) is -0.155. The maximum atomic E-state index is 10.7. The van der Waals surface area contributed by atoms with Gasteiger partial charge < -0.3 is 15.3 Å². The third-order valence-corrected chi connectivity index (χ3v) is 3.35. The Labute approximate surface area is 91.6 Å². The van der Waals surface area contributed by atoms with E-state index in [4.69, 9.17) is 5.11 Å². The van der Waals surface area contributed by atoms with E-state index in [0.717, 1.165) is 25.9 Å². The smallest absolute Gasteiger partial charge is 0.320 e. The van der Waals surface area contributed by atoms with E-state index < -0.39 is 12.0 Å². The van der Waals surface area contributed by atoms with E-state index in [9.17, 15) is 4.79 Å². The topological polar surface area (TPSA) is 52.6 Å². The van der Waals surface area contributed by atoms with Crippen molar-refractivity contribution in [2.45, 2.75) is 38.8 Å². The zero-order valence-corrected chi connectivity index (χ0v) is 9.86. The minimum absolute atomic E-state index is 0.296. The number of hydrogen-bond donors (Lipinski definition) is 2. The predicted octanol–water partition coefficient (Wildman–Crippen LogP) is 0.779. The van der Waals surface area contributed by atoms with E-state index in [2.05, 4.69) is 24.2 Å². The summed E-state index contributed by atoms with van der Waals surface area (Å²) in [4.78, 5) is 13.0. The van der Waals surface area contributed by atoms with Gasteiger partial charge in [-0.1, -0.05) is 0 Å². The quantitative estimate of drug-likeness (QED) is 0.726. The highest BCUT2D eigenvalue weighted by Crippen LogP contribution is 2.19. The van der Waals surface area contributed by atoms with Gasteiger partial charge in [0.05, 0.1) is 0 Å². The minimum Gasteiger partial charge on any atom is -0.480 e. The Hall–Kier alpha value is -0.610. The van der Waals surface area contributed by atoms with Crippen molar-refractivity contribution in [2.75, 3.05) is 20.1 Å². The van der Waals surface area contributed by atoms with Crippen molar-refractivity contribution < 1.29 is 9.90 Å². The van der Waals surface area contributed by atoms with Crippen molar-refractivity contribution in [3.05, 3.63) is 0 Å². The zero-order valence-electron chi connectivity index (χ0n) is 9.86. The third-order valence-electron chi connectivity index (χ3n) is 3.35. The number of hydrogen-bond acceptors (Lipinski definition) is 3. The lowest BCUT2D eigenvalue weighted by molar-refractivity contribution is -0.139. The van der Waals surface area contributed by atoms with Crippen LogP contribution in [0.1, 0.15) is 26.7 Å². The number of nitrogens with one attached hydrogen (secondary N) is 1. The van der Waals surface area contributed by atoms with Crippen molar-refractivity contribution in [3.8, 4) is 0 Å². The Bertz CT molecular complexity index is 213. The largest absolute Gasteiger partial charge is 0.480 e. The molecule has 2 atom stereocenters. The van der Waals surface area contributed by atoms with Crippen molar-refractivity contribution in [1.82, 2.24) is 10.2 Å². The Morgan fingerprint density at radius 3 is 2.40 bits per heavy atom. The molecule has 15 heavy (non-hydrogen) atoms. The molecule has 2 N–H and O–H groups in total. The van der Waals surface area contributed by atoms with E-state index >= 15 is 0 Å². The van der Waals surface area contributed by atoms with E-state index in [1.54, 1.807) is 6.92 Å². The normalized spacial score (nSPS) is 23.7. The Balaban J connectivity index is 2.33. The summed E-state index contributed by atoms with van der Waals surface area (Å²) in [6.45, 7) is 6.04. The number of likely N-dealkylation sites (tertiary alicyclic amines) is 1. The van der Waals surface area contributed by atoms with Gasteiger partial charge in [-0.2, -0.15) is 0 Å². The summed E-state index contributed by atoms with van der Waals surface area (Å²) in [5, 5.41) is 11.9. The molecule has 88 valence electrons. The molecule has 1 rings (SSSR count). The molecule has 0 aliphatic carbocycles. The van der Waals surface area contributed by atoms with Gasteiger partial charge in [-0.15, -0.1) is 0 Å². The number of aliphatic carboxylic acids is 1. The fourth-order valence-corrected chi connectivity index (χ4v) is 2.13. The Morgan fingerprint density at radius 1 is 1.40 bits per heavy atom. The summed E-state index contributed by atoms with van der Waals surface area (Å²) in [6, 6.07) is -0.149. The molecule has 1 heterocycles. The van der Waals surface area contributed by atoms with Gasteiger partial charge in [0, 0.05) is 6.04 Å². The molecule has 0 aromatic heterocycles. The van der Waals surface area contributed by atoms with E-state index in [0.29, 0.717) is 12.0 Å². The van der Waals surface area contributed by atoms with Crippen LogP contribution in [0.3, 0.4) is 0 Å². The molecule has 2 unspecified atom stereocenters. The lowest BCUT2D eigenvalue weighted by atomic mass is 9.90. The molecular weight excluding hydrogens is 192 g/mol. The first-order valence-corrected chi connectivity index (χ1v) is 5.68. The second-order valence-corrected chi connectivity index (χ2v) is 4.66. The molecule has 0 bridgehead atoms. The lowest BCUT2D eigenvalue weighted by Crippen LogP contribution is -2.46. The first kappa shape index (κ1) is 12.5. The molecule has 1 aliphatic heterocycles. The van der Waals surface area contributed by atoms with Gasteiger partial charge in [-0.05, 0) is 52.7 Å². The lowest BCUT2D eigenvalue weighted by Gasteiger charge is -2.33. The predicted molar refractivity (Wildman–Crippen MR) is 59.9 cm³/mol. The van der Waals surface area contributed by atoms with Crippen molar-refractivity contribution >= 4 is 5.97 Å². The van der Waals surface area contributed by atoms with Crippen molar-refractivity contribution in [1.29, 1.82) is 0 Å². The summed E-state index contributed by atoms with van der Waals surface area (Å²) in [5.41, 5.74) is 0. The van der Waals surface area contributed by atoms with Crippen molar-refractivity contribution in [3.63, 3.8) is 0 Å². The average Bonchev–Trinajstić information content (AvgIpc) is 2.18. The fraction of sp³-hybridized carbons (Fsp3) is 0.909. The zero-order chi connectivity index (χ0) is 11.4. The van der Waals surface area contributed by atoms with Crippen LogP contribution in [0.5, 0.6) is 0 Å². The second kappa shape index (κ2) is 5.47. The van der Waals surface area contributed by atoms with Gasteiger partial charge in [0.2, 0.25) is 0 Å². The molecule has 4 nitrogen and oxygen atoms in total. The van der Waals surface area contributed by atoms with Crippen LogP contribution in [0.25, 0.3) is 0 Å². The van der Waals surface area contributed by atoms with Gasteiger partial charge in [0.15, 0.2) is 0 Å². The van der Waals surface area contributed by atoms with Crippen LogP contribution in [0.4, 0.5) is 0 Å². The highest BCUT2D eigenvalue weighted by molar-refractivity contribution is 5.72. The molecule has 1 aliphatic rings. The minimum atomic E-state index is -0.769. The van der Waals surface area contributed by atoms with Crippen LogP contribution in [0.15, 0.2) is 0 Å². The molecule has 0 amide bonds. The summed E-state index contributed by atoms with van der Waals surface area (Å²) in [7, 11) is 2.13. The molecule has 0 saturated carbocycles. The third kappa shape index (κ3) is 3.80. The maximum absolute atomic E-state index is 10.7. The summed E-state index contributed by atoms with van der Waals surface area (Å²) in [6.07, 6.45) is 2.33. The fourth-order valence-electron chi connectivity index (χ4n) is 2.13. The molecule has 0 aromatic rings. The van der Waals surface area contributed by atoms with Crippen LogP contribution in [-0.4, -0.2) is 48.2 Å². The SMILES string of the molecule is CC(NC(C)C1CCN(C)CC1)C(=O)O. The summed E-state index contributed by atoms with van der Waals surface area (Å²) < 4.78 is 0. The van der Waals surface area contributed by atoms with Gasteiger partial charge in [0.25, 0.3) is 0 Å².